The molecule has 12 heteroatoms. The van der Waals surface area contributed by atoms with Crippen LogP contribution in [-0.4, -0.2) is 45.8 Å². The molecule has 0 aliphatic heterocycles. The van der Waals surface area contributed by atoms with E-state index in [4.69, 9.17) is 21.1 Å². The van der Waals surface area contributed by atoms with Gasteiger partial charge in [0.15, 0.2) is 11.6 Å². The molecule has 0 aliphatic rings. The normalized spacial score (nSPS) is 11.2. The zero-order valence-electron chi connectivity index (χ0n) is 14.8. The summed E-state index contributed by atoms with van der Waals surface area (Å²) in [5.41, 5.74) is -0.788. The molecule has 8 nitrogen and oxygen atoms in total. The largest absolute Gasteiger partial charge is 0.452 e. The number of methoxy groups -OCH3 is 1. The Morgan fingerprint density at radius 3 is 2.57 bits per heavy atom. The number of ether oxygens (including phenoxy) is 2. The minimum Gasteiger partial charge on any atom is -0.452 e. The van der Waals surface area contributed by atoms with Crippen LogP contribution in [0.3, 0.4) is 0 Å². The van der Waals surface area contributed by atoms with E-state index in [2.05, 4.69) is 10.3 Å². The molecule has 1 aromatic carbocycles. The minimum atomic E-state index is -3.93. The van der Waals surface area contributed by atoms with Crippen LogP contribution in [0.5, 0.6) is 11.5 Å². The molecule has 0 unspecified atom stereocenters. The van der Waals surface area contributed by atoms with Gasteiger partial charge in [0, 0.05) is 25.8 Å². The molecule has 0 saturated heterocycles. The van der Waals surface area contributed by atoms with Crippen molar-refractivity contribution in [3.05, 3.63) is 46.6 Å². The predicted octanol–water partition coefficient (Wildman–Crippen LogP) is 2.55. The smallest absolute Gasteiger partial charge is 0.267 e. The van der Waals surface area contributed by atoms with Gasteiger partial charge < -0.3 is 14.8 Å². The van der Waals surface area contributed by atoms with Crippen LogP contribution in [0.4, 0.5) is 14.6 Å². The van der Waals surface area contributed by atoms with Crippen LogP contribution in [0.25, 0.3) is 0 Å². The van der Waals surface area contributed by atoms with Gasteiger partial charge in [0.1, 0.15) is 17.4 Å². The first-order chi connectivity index (χ1) is 13.1. The van der Waals surface area contributed by atoms with Crippen LogP contribution in [0.1, 0.15) is 10.4 Å². The van der Waals surface area contributed by atoms with Crippen molar-refractivity contribution in [3.8, 4) is 11.5 Å². The first kappa shape index (κ1) is 21.8. The molecule has 1 amide bonds. The van der Waals surface area contributed by atoms with Gasteiger partial charge in [-0.05, 0) is 6.07 Å². The van der Waals surface area contributed by atoms with E-state index < -0.39 is 38.9 Å². The molecule has 28 heavy (non-hydrogen) atoms. The Morgan fingerprint density at radius 1 is 1.25 bits per heavy atom. The summed E-state index contributed by atoms with van der Waals surface area (Å²) in [4.78, 5) is 15.7. The van der Waals surface area contributed by atoms with E-state index in [1.165, 1.54) is 19.4 Å². The van der Waals surface area contributed by atoms with Gasteiger partial charge in [0.05, 0.1) is 29.6 Å². The number of benzene rings is 1. The Morgan fingerprint density at radius 2 is 1.96 bits per heavy atom. The van der Waals surface area contributed by atoms with Gasteiger partial charge in [0.2, 0.25) is 10.0 Å². The molecule has 0 bridgehead atoms. The minimum absolute atomic E-state index is 0.0222. The van der Waals surface area contributed by atoms with Gasteiger partial charge in [-0.1, -0.05) is 11.6 Å². The summed E-state index contributed by atoms with van der Waals surface area (Å²) >= 11 is 6.05. The van der Waals surface area contributed by atoms with Crippen molar-refractivity contribution in [2.75, 3.05) is 31.8 Å². The summed E-state index contributed by atoms with van der Waals surface area (Å²) in [5.74, 6) is -3.72. The SMILES string of the molecule is COCCNc1ncc(Oc2cc(F)c(C(=O)NS(C)(=O)=O)cc2F)cc1Cl. The maximum atomic E-state index is 14.2. The molecule has 0 fully saturated rings. The Labute approximate surface area is 164 Å². The number of amides is 1. The third-order valence-electron chi connectivity index (χ3n) is 3.19. The second-order valence-electron chi connectivity index (χ2n) is 5.49. The highest BCUT2D eigenvalue weighted by Crippen LogP contribution is 2.30. The van der Waals surface area contributed by atoms with Crippen molar-refractivity contribution in [1.29, 1.82) is 0 Å². The van der Waals surface area contributed by atoms with Gasteiger partial charge in [-0.2, -0.15) is 0 Å². The highest BCUT2D eigenvalue weighted by Gasteiger charge is 2.20. The highest BCUT2D eigenvalue weighted by atomic mass is 35.5. The van der Waals surface area contributed by atoms with Crippen molar-refractivity contribution in [2.24, 2.45) is 0 Å². The van der Waals surface area contributed by atoms with Crippen LogP contribution in [0, 0.1) is 11.6 Å². The topological polar surface area (TPSA) is 107 Å². The molecular weight excluding hydrogens is 420 g/mol. The Hall–Kier alpha value is -2.50. The lowest BCUT2D eigenvalue weighted by molar-refractivity contribution is 0.0977. The summed E-state index contributed by atoms with van der Waals surface area (Å²) in [6.07, 6.45) is 1.95. The third-order valence-corrected chi connectivity index (χ3v) is 4.03. The van der Waals surface area contributed by atoms with Gasteiger partial charge in [-0.3, -0.25) is 4.79 Å². The number of nitrogens with zero attached hydrogens (tertiary/aromatic N) is 1. The van der Waals surface area contributed by atoms with E-state index >= 15 is 0 Å². The van der Waals surface area contributed by atoms with Gasteiger partial charge in [0.25, 0.3) is 5.91 Å². The van der Waals surface area contributed by atoms with Gasteiger partial charge >= 0.3 is 0 Å². The standard InChI is InChI=1S/C16H16ClF2N3O5S/c1-26-4-3-20-15-11(17)5-9(8-21-15)27-14-7-12(18)10(6-13(14)19)16(23)22-28(2,24)25/h5-8H,3-4H2,1-2H3,(H,20,21)(H,22,23). The van der Waals surface area contributed by atoms with Crippen molar-refractivity contribution in [3.63, 3.8) is 0 Å². The quantitative estimate of drug-likeness (QED) is 0.613. The number of pyridine rings is 1. The predicted molar refractivity (Wildman–Crippen MR) is 98.4 cm³/mol. The lowest BCUT2D eigenvalue weighted by Gasteiger charge is -2.11. The van der Waals surface area contributed by atoms with Crippen molar-refractivity contribution < 1.29 is 31.5 Å². The summed E-state index contributed by atoms with van der Waals surface area (Å²) in [7, 11) is -2.39. The summed E-state index contributed by atoms with van der Waals surface area (Å²) in [6.45, 7) is 0.889. The first-order valence-corrected chi connectivity index (χ1v) is 9.95. The fraction of sp³-hybridized carbons (Fsp3) is 0.250. The van der Waals surface area contributed by atoms with E-state index in [-0.39, 0.29) is 10.8 Å². The van der Waals surface area contributed by atoms with Gasteiger partial charge in [-0.15, -0.1) is 0 Å². The van der Waals surface area contributed by atoms with E-state index in [1.54, 1.807) is 4.72 Å². The number of hydrogen-bond donors (Lipinski definition) is 2. The monoisotopic (exact) mass is 435 g/mol. The van der Waals surface area contributed by atoms with E-state index in [0.29, 0.717) is 37.4 Å². The number of rotatable bonds is 8. The third kappa shape index (κ3) is 6.01. The molecule has 1 heterocycles. The molecule has 0 spiro atoms. The molecule has 152 valence electrons. The molecule has 0 saturated carbocycles. The molecule has 2 rings (SSSR count). The molecule has 0 atom stereocenters. The fourth-order valence-corrected chi connectivity index (χ4v) is 2.68. The first-order valence-electron chi connectivity index (χ1n) is 7.68. The molecule has 0 aliphatic carbocycles. The molecule has 0 radical (unpaired) electrons. The van der Waals surface area contributed by atoms with Crippen LogP contribution >= 0.6 is 11.6 Å². The lowest BCUT2D eigenvalue weighted by atomic mass is 10.2. The number of carbonyl (C=O) groups excluding carboxylic acids is 1. The molecule has 1 aromatic heterocycles. The number of sulfonamides is 1. The molecular formula is C16H16ClF2N3O5S. The highest BCUT2D eigenvalue weighted by molar-refractivity contribution is 7.89. The Balaban J connectivity index is 2.19. The summed E-state index contributed by atoms with van der Waals surface area (Å²) in [5, 5.41) is 3.09. The summed E-state index contributed by atoms with van der Waals surface area (Å²) in [6, 6.07) is 2.48. The van der Waals surface area contributed by atoms with Crippen molar-refractivity contribution in [1.82, 2.24) is 9.71 Å². The Kier molecular flexibility index (Phi) is 7.11. The van der Waals surface area contributed by atoms with Crippen LogP contribution in [0.15, 0.2) is 24.4 Å². The maximum Gasteiger partial charge on any atom is 0.267 e. The van der Waals surface area contributed by atoms with E-state index in [0.717, 1.165) is 0 Å². The number of nitrogens with one attached hydrogen (secondary N) is 2. The number of aromatic nitrogens is 1. The number of halogens is 3. The maximum absolute atomic E-state index is 14.2. The lowest BCUT2D eigenvalue weighted by Crippen LogP contribution is -2.30. The zero-order chi connectivity index (χ0) is 20.9. The summed E-state index contributed by atoms with van der Waals surface area (Å²) < 4.78 is 62.1. The number of carbonyl (C=O) groups is 1. The molecule has 2 aromatic rings. The second-order valence-corrected chi connectivity index (χ2v) is 7.64. The Bertz CT molecular complexity index is 988. The fourth-order valence-electron chi connectivity index (χ4n) is 2.01. The average molecular weight is 436 g/mol. The molecule has 2 N–H and O–H groups in total. The zero-order valence-corrected chi connectivity index (χ0v) is 16.3. The van der Waals surface area contributed by atoms with Crippen molar-refractivity contribution >= 4 is 33.3 Å². The van der Waals surface area contributed by atoms with Crippen LogP contribution < -0.4 is 14.8 Å². The van der Waals surface area contributed by atoms with Crippen LogP contribution in [-0.2, 0) is 14.8 Å². The second kappa shape index (κ2) is 9.13. The van der Waals surface area contributed by atoms with Gasteiger partial charge in [-0.25, -0.2) is 26.9 Å². The van der Waals surface area contributed by atoms with E-state index in [1.807, 2.05) is 0 Å². The van der Waals surface area contributed by atoms with E-state index in [9.17, 15) is 22.0 Å². The number of hydrogen-bond acceptors (Lipinski definition) is 7. The van der Waals surface area contributed by atoms with Crippen LogP contribution in [0.2, 0.25) is 5.02 Å². The number of anilines is 1. The average Bonchev–Trinajstić information content (AvgIpc) is 2.58. The van der Waals surface area contributed by atoms with Crippen molar-refractivity contribution in [2.45, 2.75) is 0 Å².